The topological polar surface area (TPSA) is 17.1 Å². The van der Waals surface area contributed by atoms with Crippen LogP contribution in [0.5, 0.6) is 0 Å². The monoisotopic (exact) mass is 190 g/mol. The van der Waals surface area contributed by atoms with Crippen LogP contribution in [0.4, 0.5) is 0 Å². The van der Waals surface area contributed by atoms with Gasteiger partial charge in [0.1, 0.15) is 6.29 Å². The second-order valence-electron chi connectivity index (χ2n) is 3.65. The molecule has 0 bridgehead atoms. The third-order valence-electron chi connectivity index (χ3n) is 2.38. The lowest BCUT2D eigenvalue weighted by Crippen LogP contribution is -1.90. The first-order valence-corrected chi connectivity index (χ1v) is 5.38. The Morgan fingerprint density at radius 2 is 2.00 bits per heavy atom. The number of aryl methyl sites for hydroxylation is 1. The van der Waals surface area contributed by atoms with E-state index in [4.69, 9.17) is 0 Å². The van der Waals surface area contributed by atoms with Crippen molar-refractivity contribution in [3.8, 4) is 0 Å². The Morgan fingerprint density at radius 1 is 1.21 bits per heavy atom. The van der Waals surface area contributed by atoms with Crippen LogP contribution in [0.25, 0.3) is 0 Å². The average molecular weight is 190 g/mol. The van der Waals surface area contributed by atoms with Crippen molar-refractivity contribution in [3.05, 3.63) is 35.4 Å². The van der Waals surface area contributed by atoms with Crippen LogP contribution in [-0.2, 0) is 17.6 Å². The third-order valence-corrected chi connectivity index (χ3v) is 2.38. The van der Waals surface area contributed by atoms with E-state index in [9.17, 15) is 4.79 Å². The molecule has 0 aliphatic carbocycles. The molecular formula is C13H18O. The van der Waals surface area contributed by atoms with Crippen LogP contribution < -0.4 is 0 Å². The van der Waals surface area contributed by atoms with E-state index >= 15 is 0 Å². The molecule has 0 aliphatic heterocycles. The summed E-state index contributed by atoms with van der Waals surface area (Å²) >= 11 is 0. The fraction of sp³-hybridized carbons (Fsp3) is 0.462. The molecule has 0 fully saturated rings. The lowest BCUT2D eigenvalue weighted by molar-refractivity contribution is -0.107. The highest BCUT2D eigenvalue weighted by Gasteiger charge is 1.95. The van der Waals surface area contributed by atoms with Crippen LogP contribution in [0.3, 0.4) is 0 Å². The zero-order chi connectivity index (χ0) is 10.2. The molecule has 1 aromatic rings. The van der Waals surface area contributed by atoms with E-state index in [0.29, 0.717) is 6.42 Å². The van der Waals surface area contributed by atoms with Crippen LogP contribution in [0.1, 0.15) is 37.3 Å². The van der Waals surface area contributed by atoms with Crippen LogP contribution >= 0.6 is 0 Å². The van der Waals surface area contributed by atoms with Gasteiger partial charge in [-0.3, -0.25) is 0 Å². The van der Waals surface area contributed by atoms with Gasteiger partial charge in [0.25, 0.3) is 0 Å². The Hall–Kier alpha value is -1.11. The van der Waals surface area contributed by atoms with Crippen molar-refractivity contribution in [1.82, 2.24) is 0 Å². The summed E-state index contributed by atoms with van der Waals surface area (Å²) in [6.45, 7) is 2.21. The van der Waals surface area contributed by atoms with Crippen LogP contribution in [0, 0.1) is 0 Å². The average Bonchev–Trinajstić information content (AvgIpc) is 2.19. The molecule has 1 heteroatoms. The van der Waals surface area contributed by atoms with E-state index in [-0.39, 0.29) is 0 Å². The number of hydrogen-bond donors (Lipinski definition) is 0. The zero-order valence-electron chi connectivity index (χ0n) is 8.83. The highest BCUT2D eigenvalue weighted by molar-refractivity contribution is 5.55. The van der Waals surface area contributed by atoms with E-state index in [1.807, 2.05) is 12.1 Å². The summed E-state index contributed by atoms with van der Waals surface area (Å²) < 4.78 is 0. The number of benzene rings is 1. The fourth-order valence-corrected chi connectivity index (χ4v) is 1.59. The van der Waals surface area contributed by atoms with Crippen molar-refractivity contribution < 1.29 is 4.79 Å². The normalized spacial score (nSPS) is 10.1. The van der Waals surface area contributed by atoms with E-state index in [2.05, 4.69) is 19.1 Å². The minimum atomic E-state index is 0.543. The largest absolute Gasteiger partial charge is 0.303 e. The maximum absolute atomic E-state index is 10.3. The summed E-state index contributed by atoms with van der Waals surface area (Å²) in [7, 11) is 0. The van der Waals surface area contributed by atoms with E-state index in [1.54, 1.807) is 0 Å². The Balaban J connectivity index is 2.50. The molecule has 0 spiro atoms. The van der Waals surface area contributed by atoms with Crippen LogP contribution in [0.15, 0.2) is 24.3 Å². The second-order valence-corrected chi connectivity index (χ2v) is 3.65. The SMILES string of the molecule is CCCCCc1cccc(CC=O)c1. The third kappa shape index (κ3) is 3.73. The van der Waals surface area contributed by atoms with Gasteiger partial charge in [-0.05, 0) is 24.0 Å². The number of rotatable bonds is 6. The van der Waals surface area contributed by atoms with Gasteiger partial charge >= 0.3 is 0 Å². The van der Waals surface area contributed by atoms with E-state index in [0.717, 1.165) is 18.3 Å². The predicted octanol–water partition coefficient (Wildman–Crippen LogP) is 3.16. The van der Waals surface area contributed by atoms with Gasteiger partial charge in [-0.25, -0.2) is 0 Å². The van der Waals surface area contributed by atoms with Gasteiger partial charge in [-0.15, -0.1) is 0 Å². The fourth-order valence-electron chi connectivity index (χ4n) is 1.59. The maximum Gasteiger partial charge on any atom is 0.124 e. The first kappa shape index (κ1) is 11.0. The molecule has 76 valence electrons. The molecule has 0 radical (unpaired) electrons. The first-order valence-electron chi connectivity index (χ1n) is 5.38. The van der Waals surface area contributed by atoms with Crippen LogP contribution in [0.2, 0.25) is 0 Å². The van der Waals surface area contributed by atoms with Gasteiger partial charge < -0.3 is 4.79 Å². The summed E-state index contributed by atoms with van der Waals surface area (Å²) in [6, 6.07) is 8.34. The molecule has 0 aliphatic rings. The minimum Gasteiger partial charge on any atom is -0.303 e. The summed E-state index contributed by atoms with van der Waals surface area (Å²) in [6.07, 6.45) is 6.44. The van der Waals surface area contributed by atoms with Gasteiger partial charge in [0.2, 0.25) is 0 Å². The van der Waals surface area contributed by atoms with Crippen LogP contribution in [-0.4, -0.2) is 6.29 Å². The van der Waals surface area contributed by atoms with Crippen molar-refractivity contribution in [2.45, 2.75) is 39.0 Å². The molecule has 1 nitrogen and oxygen atoms in total. The molecule has 1 aromatic carbocycles. The Morgan fingerprint density at radius 3 is 2.71 bits per heavy atom. The van der Waals surface area contributed by atoms with Gasteiger partial charge in [-0.2, -0.15) is 0 Å². The summed E-state index contributed by atoms with van der Waals surface area (Å²) in [4.78, 5) is 10.3. The number of carbonyl (C=O) groups is 1. The molecule has 0 atom stereocenters. The van der Waals surface area contributed by atoms with Crippen molar-refractivity contribution in [2.24, 2.45) is 0 Å². The van der Waals surface area contributed by atoms with Crippen molar-refractivity contribution in [3.63, 3.8) is 0 Å². The molecule has 0 heterocycles. The molecule has 0 aromatic heterocycles. The number of carbonyl (C=O) groups excluding carboxylic acids is 1. The predicted molar refractivity (Wildman–Crippen MR) is 59.4 cm³/mol. The standard InChI is InChI=1S/C13H18O/c1-2-3-4-6-12-7-5-8-13(11-12)9-10-14/h5,7-8,10-11H,2-4,6,9H2,1H3. The summed E-state index contributed by atoms with van der Waals surface area (Å²) in [5.74, 6) is 0. The van der Waals surface area contributed by atoms with Crippen molar-refractivity contribution in [2.75, 3.05) is 0 Å². The number of aldehydes is 1. The molecular weight excluding hydrogens is 172 g/mol. The molecule has 0 unspecified atom stereocenters. The highest BCUT2D eigenvalue weighted by Crippen LogP contribution is 2.09. The summed E-state index contributed by atoms with van der Waals surface area (Å²) in [5.41, 5.74) is 2.49. The number of unbranched alkanes of at least 4 members (excludes halogenated alkanes) is 2. The van der Waals surface area contributed by atoms with Crippen molar-refractivity contribution in [1.29, 1.82) is 0 Å². The van der Waals surface area contributed by atoms with Gasteiger partial charge in [0.05, 0.1) is 0 Å². The minimum absolute atomic E-state index is 0.543. The van der Waals surface area contributed by atoms with Crippen molar-refractivity contribution >= 4 is 6.29 Å². The quantitative estimate of drug-likeness (QED) is 0.497. The second kappa shape index (κ2) is 6.36. The van der Waals surface area contributed by atoms with Gasteiger partial charge in [0, 0.05) is 6.42 Å². The Bertz CT molecular complexity index is 278. The molecule has 0 N–H and O–H groups in total. The van der Waals surface area contributed by atoms with E-state index in [1.165, 1.54) is 24.8 Å². The number of hydrogen-bond acceptors (Lipinski definition) is 1. The first-order chi connectivity index (χ1) is 6.86. The maximum atomic E-state index is 10.3. The lowest BCUT2D eigenvalue weighted by Gasteiger charge is -2.02. The molecule has 1 rings (SSSR count). The Kier molecular flexibility index (Phi) is 4.98. The molecule has 0 saturated heterocycles. The van der Waals surface area contributed by atoms with Gasteiger partial charge in [0.15, 0.2) is 0 Å². The molecule has 14 heavy (non-hydrogen) atoms. The van der Waals surface area contributed by atoms with E-state index < -0.39 is 0 Å². The molecule has 0 amide bonds. The molecule has 0 saturated carbocycles. The van der Waals surface area contributed by atoms with Gasteiger partial charge in [-0.1, -0.05) is 44.0 Å². The summed E-state index contributed by atoms with van der Waals surface area (Å²) in [5, 5.41) is 0. The lowest BCUT2D eigenvalue weighted by atomic mass is 10.0. The Labute approximate surface area is 86.1 Å². The zero-order valence-corrected chi connectivity index (χ0v) is 8.83. The highest BCUT2D eigenvalue weighted by atomic mass is 16.1. The smallest absolute Gasteiger partial charge is 0.124 e.